The highest BCUT2D eigenvalue weighted by molar-refractivity contribution is 5.69. The molecule has 0 aliphatic heterocycles. The molecule has 0 radical (unpaired) electrons. The normalized spacial score (nSPS) is 12.0. The van der Waals surface area contributed by atoms with Gasteiger partial charge in [0.05, 0.1) is 6.33 Å². The number of imidazole rings is 1. The lowest BCUT2D eigenvalue weighted by Gasteiger charge is -2.07. The van der Waals surface area contributed by atoms with Crippen molar-refractivity contribution >= 4 is 23.5 Å². The average molecular weight is 425 g/mol. The summed E-state index contributed by atoms with van der Waals surface area (Å²) in [7, 11) is 0. The molecule has 0 saturated carbocycles. The fourth-order valence-corrected chi connectivity index (χ4v) is 2.97. The van der Waals surface area contributed by atoms with Crippen LogP contribution in [-0.4, -0.2) is 38.4 Å². The molecule has 0 aliphatic carbocycles. The van der Waals surface area contributed by atoms with E-state index in [4.69, 9.17) is 4.74 Å². The van der Waals surface area contributed by atoms with Gasteiger partial charge in [-0.15, -0.1) is 5.10 Å². The number of nitrogens with zero attached hydrogens (tertiary/aromatic N) is 4. The van der Waals surface area contributed by atoms with E-state index in [1.165, 1.54) is 6.33 Å². The van der Waals surface area contributed by atoms with Crippen LogP contribution in [0.2, 0.25) is 0 Å². The van der Waals surface area contributed by atoms with Crippen molar-refractivity contribution in [3.05, 3.63) is 58.2 Å². The van der Waals surface area contributed by atoms with E-state index in [-0.39, 0.29) is 12.2 Å². The molecule has 3 rings (SSSR count). The van der Waals surface area contributed by atoms with Crippen molar-refractivity contribution in [2.24, 2.45) is 10.2 Å². The molecule has 0 fully saturated rings. The van der Waals surface area contributed by atoms with Gasteiger partial charge in [0.2, 0.25) is 5.62 Å². The van der Waals surface area contributed by atoms with Crippen LogP contribution in [0.1, 0.15) is 38.2 Å². The Balaban J connectivity index is 1.55. The number of amides is 1. The molecule has 3 N–H and O–H groups in total. The average Bonchev–Trinajstić information content (AvgIpc) is 3.28. The number of nitrogens with one attached hydrogen (secondary N) is 3. The maximum absolute atomic E-state index is 12.2. The number of rotatable bonds is 10. The van der Waals surface area contributed by atoms with E-state index >= 15 is 0 Å². The van der Waals surface area contributed by atoms with E-state index in [2.05, 4.69) is 37.4 Å². The third-order valence-corrected chi connectivity index (χ3v) is 4.56. The largest absolute Gasteiger partial charge is 0.445 e. The Morgan fingerprint density at radius 2 is 2.13 bits per heavy atom. The molecule has 1 amide bonds. The van der Waals surface area contributed by atoms with Gasteiger partial charge in [-0.2, -0.15) is 5.10 Å². The number of carbonyl (C=O) groups is 1. The number of H-pyrrole nitrogens is 2. The van der Waals surface area contributed by atoms with Crippen molar-refractivity contribution in [3.63, 3.8) is 0 Å². The van der Waals surface area contributed by atoms with Gasteiger partial charge >= 0.3 is 6.09 Å². The van der Waals surface area contributed by atoms with Crippen LogP contribution in [0, 0.1) is 0 Å². The minimum atomic E-state index is -0.490. The summed E-state index contributed by atoms with van der Waals surface area (Å²) in [6.45, 7) is 3.38. The van der Waals surface area contributed by atoms with Gasteiger partial charge in [0.25, 0.3) is 5.56 Å². The number of fused-ring (bicyclic) bond motifs is 1. The van der Waals surface area contributed by atoms with E-state index in [9.17, 15) is 9.59 Å². The van der Waals surface area contributed by atoms with Gasteiger partial charge in [-0.25, -0.2) is 9.78 Å². The Bertz CT molecular complexity index is 1130. The van der Waals surface area contributed by atoms with Gasteiger partial charge < -0.3 is 15.0 Å². The van der Waals surface area contributed by atoms with Gasteiger partial charge in [-0.05, 0) is 12.0 Å². The summed E-state index contributed by atoms with van der Waals surface area (Å²) in [6.07, 6.45) is 6.13. The summed E-state index contributed by atoms with van der Waals surface area (Å²) in [5, 5.41) is 10.8. The van der Waals surface area contributed by atoms with Crippen LogP contribution in [0.3, 0.4) is 0 Å². The lowest BCUT2D eigenvalue weighted by Crippen LogP contribution is -2.31. The van der Waals surface area contributed by atoms with Crippen molar-refractivity contribution in [2.45, 2.75) is 45.8 Å². The van der Waals surface area contributed by atoms with Crippen LogP contribution in [0.4, 0.5) is 4.79 Å². The molecule has 0 unspecified atom stereocenters. The van der Waals surface area contributed by atoms with Crippen molar-refractivity contribution < 1.29 is 9.53 Å². The summed E-state index contributed by atoms with van der Waals surface area (Å²) < 4.78 is 6.99. The van der Waals surface area contributed by atoms with Crippen molar-refractivity contribution in [3.8, 4) is 0 Å². The molecule has 164 valence electrons. The van der Waals surface area contributed by atoms with Gasteiger partial charge in [0, 0.05) is 25.7 Å². The summed E-state index contributed by atoms with van der Waals surface area (Å²) in [5.41, 5.74) is 1.94. The van der Waals surface area contributed by atoms with E-state index in [0.29, 0.717) is 36.3 Å². The molecule has 0 aliphatic rings. The number of carbonyl (C=O) groups excluding carboxylic acids is 1. The molecule has 1 aromatic carbocycles. The third kappa shape index (κ3) is 6.39. The lowest BCUT2D eigenvalue weighted by molar-refractivity contribution is 0.140. The van der Waals surface area contributed by atoms with Crippen LogP contribution < -0.4 is 16.5 Å². The number of alkyl carbamates (subject to hydrolysis) is 1. The van der Waals surface area contributed by atoms with E-state index < -0.39 is 6.09 Å². The monoisotopic (exact) mass is 425 g/mol. The Morgan fingerprint density at radius 1 is 1.29 bits per heavy atom. The SMILES string of the molecule is CCCCCn1/c(=N/N=C/CCNC(=O)OCc2ccccc2)[nH]c(=O)c2[nH]cnc21. The molecular formula is C21H27N7O3. The number of aromatic nitrogens is 4. The molecule has 0 spiro atoms. The fourth-order valence-electron chi connectivity index (χ4n) is 2.97. The molecule has 10 heteroatoms. The molecule has 0 saturated heterocycles. The van der Waals surface area contributed by atoms with Crippen LogP contribution in [0.5, 0.6) is 0 Å². The summed E-state index contributed by atoms with van der Waals surface area (Å²) in [5.74, 6) is 0. The van der Waals surface area contributed by atoms with Crippen LogP contribution in [0.15, 0.2) is 51.7 Å². The number of hydrogen-bond acceptors (Lipinski definition) is 6. The standard InChI is InChI=1S/C21H27N7O3/c1-2-3-7-13-28-18-17(23-15-24-18)19(29)26-20(28)27-25-12-8-11-22-21(30)31-14-16-9-5-4-6-10-16/h4-6,9-10,12,15H,2-3,7-8,11,13-14H2,1H3,(H,22,30)(H,23,24)(H,26,27,29)/b25-12+. The van der Waals surface area contributed by atoms with E-state index in [1.807, 2.05) is 34.9 Å². The second-order valence-corrected chi connectivity index (χ2v) is 6.91. The predicted octanol–water partition coefficient (Wildman–Crippen LogP) is 2.45. The second kappa shape index (κ2) is 11.5. The van der Waals surface area contributed by atoms with Crippen LogP contribution >= 0.6 is 0 Å². The first kappa shape index (κ1) is 22.0. The molecule has 2 aromatic heterocycles. The fraction of sp³-hybridized carbons (Fsp3) is 0.381. The van der Waals surface area contributed by atoms with Crippen molar-refractivity contribution in [1.29, 1.82) is 0 Å². The van der Waals surface area contributed by atoms with Crippen molar-refractivity contribution in [2.75, 3.05) is 6.54 Å². The zero-order valence-electron chi connectivity index (χ0n) is 17.5. The second-order valence-electron chi connectivity index (χ2n) is 6.91. The first-order chi connectivity index (χ1) is 15.2. The van der Waals surface area contributed by atoms with E-state index in [0.717, 1.165) is 24.8 Å². The number of unbranched alkanes of at least 4 members (excludes halogenated alkanes) is 2. The minimum Gasteiger partial charge on any atom is -0.445 e. The summed E-state index contributed by atoms with van der Waals surface area (Å²) >= 11 is 0. The number of hydrogen-bond donors (Lipinski definition) is 3. The third-order valence-electron chi connectivity index (χ3n) is 4.56. The number of aryl methyl sites for hydroxylation is 1. The number of aromatic amines is 2. The zero-order chi connectivity index (χ0) is 21.9. The van der Waals surface area contributed by atoms with Gasteiger partial charge in [0.15, 0.2) is 5.65 Å². The first-order valence-electron chi connectivity index (χ1n) is 10.3. The smallest absolute Gasteiger partial charge is 0.407 e. The molecule has 3 aromatic rings. The quantitative estimate of drug-likeness (QED) is 0.262. The molecule has 0 bridgehead atoms. The van der Waals surface area contributed by atoms with Crippen molar-refractivity contribution in [1.82, 2.24) is 24.8 Å². The highest BCUT2D eigenvalue weighted by Crippen LogP contribution is 2.04. The Labute approximate surface area is 179 Å². The first-order valence-corrected chi connectivity index (χ1v) is 10.3. The lowest BCUT2D eigenvalue weighted by atomic mass is 10.2. The Hall–Kier alpha value is -3.69. The van der Waals surface area contributed by atoms with Crippen LogP contribution in [0.25, 0.3) is 11.2 Å². The Morgan fingerprint density at radius 3 is 2.94 bits per heavy atom. The molecule has 2 heterocycles. The molecule has 10 nitrogen and oxygen atoms in total. The number of benzene rings is 1. The topological polar surface area (TPSA) is 130 Å². The van der Waals surface area contributed by atoms with Gasteiger partial charge in [-0.1, -0.05) is 50.1 Å². The van der Waals surface area contributed by atoms with Crippen LogP contribution in [-0.2, 0) is 17.9 Å². The minimum absolute atomic E-state index is 0.219. The Kier molecular flexibility index (Phi) is 8.15. The zero-order valence-corrected chi connectivity index (χ0v) is 17.5. The summed E-state index contributed by atoms with van der Waals surface area (Å²) in [4.78, 5) is 33.8. The summed E-state index contributed by atoms with van der Waals surface area (Å²) in [6, 6.07) is 9.47. The predicted molar refractivity (Wildman–Crippen MR) is 118 cm³/mol. The van der Waals surface area contributed by atoms with E-state index in [1.54, 1.807) is 6.21 Å². The van der Waals surface area contributed by atoms with Gasteiger partial charge in [0.1, 0.15) is 12.1 Å². The maximum Gasteiger partial charge on any atom is 0.407 e. The highest BCUT2D eigenvalue weighted by atomic mass is 16.5. The highest BCUT2D eigenvalue weighted by Gasteiger charge is 2.08. The van der Waals surface area contributed by atoms with Gasteiger partial charge in [-0.3, -0.25) is 14.3 Å². The molecule has 31 heavy (non-hydrogen) atoms. The maximum atomic E-state index is 12.2. The number of ether oxygens (including phenoxy) is 1. The molecular weight excluding hydrogens is 398 g/mol. The molecule has 0 atom stereocenters.